The minimum Gasteiger partial charge on any atom is -0.381 e. The Hall–Kier alpha value is -1.62. The number of anilines is 1. The predicted molar refractivity (Wildman–Crippen MR) is 79.1 cm³/mol. The van der Waals surface area contributed by atoms with Crippen LogP contribution in [0.1, 0.15) is 38.3 Å². The van der Waals surface area contributed by atoms with Crippen LogP contribution in [0.2, 0.25) is 0 Å². The van der Waals surface area contributed by atoms with E-state index in [1.807, 2.05) is 10.7 Å². The van der Waals surface area contributed by atoms with Crippen LogP contribution in [-0.4, -0.2) is 34.4 Å². The van der Waals surface area contributed by atoms with Crippen molar-refractivity contribution in [3.8, 4) is 0 Å². The second kappa shape index (κ2) is 5.79. The minimum atomic E-state index is 0.429. The highest BCUT2D eigenvalue weighted by Crippen LogP contribution is 2.21. The molecule has 0 radical (unpaired) electrons. The number of hydrogen-bond acceptors (Lipinski definition) is 4. The van der Waals surface area contributed by atoms with Crippen molar-refractivity contribution in [2.45, 2.75) is 32.6 Å². The van der Waals surface area contributed by atoms with E-state index in [1.165, 1.54) is 6.42 Å². The molecule has 0 amide bonds. The van der Waals surface area contributed by atoms with Crippen molar-refractivity contribution < 1.29 is 4.74 Å². The van der Waals surface area contributed by atoms with Crippen molar-refractivity contribution in [3.63, 3.8) is 0 Å². The molecule has 1 saturated heterocycles. The van der Waals surface area contributed by atoms with Gasteiger partial charge in [-0.05, 0) is 30.7 Å². The molecule has 0 aromatic carbocycles. The molecule has 1 atom stereocenters. The van der Waals surface area contributed by atoms with E-state index >= 15 is 0 Å². The number of nitrogens with one attached hydrogen (secondary N) is 1. The lowest BCUT2D eigenvalue weighted by Gasteiger charge is -2.09. The Labute approximate surface area is 119 Å². The van der Waals surface area contributed by atoms with Gasteiger partial charge in [-0.15, -0.1) is 0 Å². The highest BCUT2D eigenvalue weighted by molar-refractivity contribution is 5.67. The molecule has 0 bridgehead atoms. The molecule has 2 aromatic rings. The van der Waals surface area contributed by atoms with E-state index in [0.29, 0.717) is 11.8 Å². The number of hydrogen-bond donors (Lipinski definition) is 1. The molecule has 5 heteroatoms. The highest BCUT2D eigenvalue weighted by Gasteiger charge is 2.15. The van der Waals surface area contributed by atoms with Gasteiger partial charge < -0.3 is 10.1 Å². The van der Waals surface area contributed by atoms with E-state index in [-0.39, 0.29) is 0 Å². The summed E-state index contributed by atoms with van der Waals surface area (Å²) in [7, 11) is 0. The van der Waals surface area contributed by atoms with Crippen molar-refractivity contribution >= 4 is 11.3 Å². The second-order valence-electron chi connectivity index (χ2n) is 5.77. The van der Waals surface area contributed by atoms with Gasteiger partial charge in [0.05, 0.1) is 5.69 Å². The summed E-state index contributed by atoms with van der Waals surface area (Å²) in [6, 6.07) is 2.12. The van der Waals surface area contributed by atoms with E-state index < -0.39 is 0 Å². The molecule has 1 N–H and O–H groups in total. The molecule has 1 aliphatic rings. The van der Waals surface area contributed by atoms with Gasteiger partial charge in [-0.3, -0.25) is 0 Å². The third-order valence-electron chi connectivity index (χ3n) is 3.87. The summed E-state index contributed by atoms with van der Waals surface area (Å²) in [5.74, 6) is 2.04. The quantitative estimate of drug-likeness (QED) is 0.910. The summed E-state index contributed by atoms with van der Waals surface area (Å²) in [5, 5.41) is 8.01. The molecule has 20 heavy (non-hydrogen) atoms. The number of nitrogens with zero attached hydrogens (tertiary/aromatic N) is 3. The zero-order chi connectivity index (χ0) is 13.9. The first-order valence-electron chi connectivity index (χ1n) is 7.40. The largest absolute Gasteiger partial charge is 0.381 e. The van der Waals surface area contributed by atoms with Crippen LogP contribution in [0.5, 0.6) is 0 Å². The summed E-state index contributed by atoms with van der Waals surface area (Å²) in [6.07, 6.45) is 6.01. The first-order valence-corrected chi connectivity index (χ1v) is 7.40. The number of ether oxygens (including phenoxy) is 1. The normalized spacial score (nSPS) is 19.1. The van der Waals surface area contributed by atoms with Crippen LogP contribution < -0.4 is 5.32 Å². The summed E-state index contributed by atoms with van der Waals surface area (Å²) in [6.45, 7) is 7.07. The number of fused-ring (bicyclic) bond motifs is 1. The molecule has 1 unspecified atom stereocenters. The maximum atomic E-state index is 5.40. The Bertz CT molecular complexity index is 572. The third kappa shape index (κ3) is 2.77. The van der Waals surface area contributed by atoms with Crippen molar-refractivity contribution in [1.29, 1.82) is 0 Å². The van der Waals surface area contributed by atoms with E-state index in [4.69, 9.17) is 4.74 Å². The van der Waals surface area contributed by atoms with Crippen LogP contribution in [0.4, 0.5) is 5.82 Å². The van der Waals surface area contributed by atoms with Gasteiger partial charge in [0, 0.05) is 32.2 Å². The van der Waals surface area contributed by atoms with Gasteiger partial charge in [0.15, 0.2) is 5.82 Å². The van der Waals surface area contributed by atoms with Crippen molar-refractivity contribution in [3.05, 3.63) is 24.2 Å². The van der Waals surface area contributed by atoms with Gasteiger partial charge in [-0.2, -0.15) is 5.10 Å². The van der Waals surface area contributed by atoms with E-state index in [0.717, 1.165) is 43.2 Å². The predicted octanol–water partition coefficient (Wildman–Crippen LogP) is 2.69. The monoisotopic (exact) mass is 274 g/mol. The van der Waals surface area contributed by atoms with Crippen LogP contribution in [-0.2, 0) is 4.74 Å². The van der Waals surface area contributed by atoms with Gasteiger partial charge in [-0.1, -0.05) is 13.8 Å². The second-order valence-corrected chi connectivity index (χ2v) is 5.77. The Morgan fingerprint density at radius 2 is 2.40 bits per heavy atom. The highest BCUT2D eigenvalue weighted by atomic mass is 16.5. The Kier molecular flexibility index (Phi) is 3.87. The van der Waals surface area contributed by atoms with Crippen molar-refractivity contribution in [2.24, 2.45) is 5.92 Å². The van der Waals surface area contributed by atoms with Crippen LogP contribution in [0, 0.1) is 5.92 Å². The molecule has 1 aliphatic heterocycles. The fraction of sp³-hybridized carbons (Fsp3) is 0.600. The summed E-state index contributed by atoms with van der Waals surface area (Å²) >= 11 is 0. The fourth-order valence-electron chi connectivity index (χ4n) is 2.57. The first kappa shape index (κ1) is 13.4. The zero-order valence-electron chi connectivity index (χ0n) is 12.2. The number of rotatable bonds is 5. The molecule has 3 heterocycles. The molecule has 1 fully saturated rings. The molecule has 108 valence electrons. The van der Waals surface area contributed by atoms with Crippen LogP contribution >= 0.6 is 0 Å². The topological polar surface area (TPSA) is 51.5 Å². The standard InChI is InChI=1S/C15H22N4O/c1-11(2)13-9-14-15(17-6-7-19(14)18-13)16-5-3-12-4-8-20-10-12/h6-7,9,11-12H,3-5,8,10H2,1-2H3,(H,16,17). The molecule has 2 aromatic heterocycles. The maximum absolute atomic E-state index is 5.40. The van der Waals surface area contributed by atoms with Crippen LogP contribution in [0.25, 0.3) is 5.52 Å². The summed E-state index contributed by atoms with van der Waals surface area (Å²) in [4.78, 5) is 4.44. The minimum absolute atomic E-state index is 0.429. The van der Waals surface area contributed by atoms with Crippen molar-refractivity contribution in [2.75, 3.05) is 25.1 Å². The lowest BCUT2D eigenvalue weighted by atomic mass is 10.1. The van der Waals surface area contributed by atoms with Crippen LogP contribution in [0.15, 0.2) is 18.5 Å². The van der Waals surface area contributed by atoms with Crippen molar-refractivity contribution in [1.82, 2.24) is 14.6 Å². The van der Waals surface area contributed by atoms with Gasteiger partial charge >= 0.3 is 0 Å². The first-order chi connectivity index (χ1) is 9.74. The summed E-state index contributed by atoms with van der Waals surface area (Å²) < 4.78 is 7.31. The molecule has 3 rings (SSSR count). The van der Waals surface area contributed by atoms with Crippen LogP contribution in [0.3, 0.4) is 0 Å². The Morgan fingerprint density at radius 3 is 3.15 bits per heavy atom. The lowest BCUT2D eigenvalue weighted by Crippen LogP contribution is -2.10. The summed E-state index contributed by atoms with van der Waals surface area (Å²) in [5.41, 5.74) is 2.16. The molecule has 5 nitrogen and oxygen atoms in total. The molecule has 0 spiro atoms. The smallest absolute Gasteiger partial charge is 0.152 e. The third-order valence-corrected chi connectivity index (χ3v) is 3.87. The van der Waals surface area contributed by atoms with E-state index in [9.17, 15) is 0 Å². The average Bonchev–Trinajstić information content (AvgIpc) is 3.07. The zero-order valence-corrected chi connectivity index (χ0v) is 12.2. The fourth-order valence-corrected chi connectivity index (χ4v) is 2.57. The lowest BCUT2D eigenvalue weighted by molar-refractivity contribution is 0.185. The molecule has 0 saturated carbocycles. The average molecular weight is 274 g/mol. The van der Waals surface area contributed by atoms with Gasteiger partial charge in [0.1, 0.15) is 5.52 Å². The van der Waals surface area contributed by atoms with Gasteiger partial charge in [0.25, 0.3) is 0 Å². The SMILES string of the molecule is CC(C)c1cc2c(NCCC3CCOC3)nccn2n1. The Balaban J connectivity index is 1.70. The molecule has 0 aliphatic carbocycles. The van der Waals surface area contributed by atoms with E-state index in [1.54, 1.807) is 6.20 Å². The van der Waals surface area contributed by atoms with Gasteiger partial charge in [0.2, 0.25) is 0 Å². The number of aromatic nitrogens is 3. The maximum Gasteiger partial charge on any atom is 0.152 e. The molecular formula is C15H22N4O. The van der Waals surface area contributed by atoms with Gasteiger partial charge in [-0.25, -0.2) is 9.50 Å². The Morgan fingerprint density at radius 1 is 1.50 bits per heavy atom. The molecular weight excluding hydrogens is 252 g/mol. The van der Waals surface area contributed by atoms with E-state index in [2.05, 4.69) is 35.3 Å².